The highest BCUT2D eigenvalue weighted by molar-refractivity contribution is 5.78. The van der Waals surface area contributed by atoms with Gasteiger partial charge in [0, 0.05) is 26.2 Å². The minimum Gasteiger partial charge on any atom is -0.480 e. The molecule has 1 N–H and O–H groups in total. The molecular weight excluding hydrogens is 228 g/mol. The van der Waals surface area contributed by atoms with Crippen LogP contribution in [-0.2, 0) is 4.79 Å². The van der Waals surface area contributed by atoms with Gasteiger partial charge in [-0.1, -0.05) is 19.8 Å². The fourth-order valence-corrected chi connectivity index (χ4v) is 3.40. The predicted molar refractivity (Wildman–Crippen MR) is 71.7 cm³/mol. The van der Waals surface area contributed by atoms with Crippen molar-refractivity contribution in [3.05, 3.63) is 0 Å². The van der Waals surface area contributed by atoms with Crippen LogP contribution >= 0.6 is 0 Å². The molecule has 1 aliphatic carbocycles. The van der Waals surface area contributed by atoms with Gasteiger partial charge in [-0.25, -0.2) is 0 Å². The molecule has 0 amide bonds. The molecule has 0 aromatic carbocycles. The summed E-state index contributed by atoms with van der Waals surface area (Å²) in [6, 6.07) is 0. The van der Waals surface area contributed by atoms with Crippen LogP contribution in [-0.4, -0.2) is 59.6 Å². The van der Waals surface area contributed by atoms with Gasteiger partial charge in [0.05, 0.1) is 0 Å². The van der Waals surface area contributed by atoms with Gasteiger partial charge in [-0.3, -0.25) is 9.69 Å². The molecular formula is C14H26N2O2. The summed E-state index contributed by atoms with van der Waals surface area (Å²) in [6.45, 7) is 6.03. The van der Waals surface area contributed by atoms with Crippen LogP contribution < -0.4 is 0 Å². The SMILES string of the molecule is CC1CCCC(C(=O)O)(N2CCN(C)CC2)CC1. The van der Waals surface area contributed by atoms with Gasteiger partial charge in [-0.2, -0.15) is 0 Å². The molecule has 1 saturated heterocycles. The summed E-state index contributed by atoms with van der Waals surface area (Å²) in [5.41, 5.74) is -0.577. The van der Waals surface area contributed by atoms with E-state index in [-0.39, 0.29) is 0 Å². The van der Waals surface area contributed by atoms with E-state index in [2.05, 4.69) is 23.8 Å². The van der Waals surface area contributed by atoms with E-state index in [1.807, 2.05) is 0 Å². The summed E-state index contributed by atoms with van der Waals surface area (Å²) in [5.74, 6) is 0.0832. The summed E-state index contributed by atoms with van der Waals surface area (Å²) < 4.78 is 0. The summed E-state index contributed by atoms with van der Waals surface area (Å²) in [4.78, 5) is 16.4. The maximum absolute atomic E-state index is 11.9. The summed E-state index contributed by atoms with van der Waals surface area (Å²) in [5, 5.41) is 9.76. The summed E-state index contributed by atoms with van der Waals surface area (Å²) in [6.07, 6.45) is 4.95. The quantitative estimate of drug-likeness (QED) is 0.761. The van der Waals surface area contributed by atoms with Crippen molar-refractivity contribution in [1.82, 2.24) is 9.80 Å². The van der Waals surface area contributed by atoms with Gasteiger partial charge >= 0.3 is 5.97 Å². The van der Waals surface area contributed by atoms with Gasteiger partial charge in [0.25, 0.3) is 0 Å². The molecule has 2 fully saturated rings. The maximum atomic E-state index is 11.9. The zero-order valence-corrected chi connectivity index (χ0v) is 11.7. The van der Waals surface area contributed by atoms with Gasteiger partial charge in [0.1, 0.15) is 5.54 Å². The van der Waals surface area contributed by atoms with Crippen LogP contribution in [0.1, 0.15) is 39.0 Å². The molecule has 18 heavy (non-hydrogen) atoms. The summed E-state index contributed by atoms with van der Waals surface area (Å²) >= 11 is 0. The van der Waals surface area contributed by atoms with Crippen LogP contribution in [0.4, 0.5) is 0 Å². The first-order valence-corrected chi connectivity index (χ1v) is 7.21. The van der Waals surface area contributed by atoms with E-state index in [4.69, 9.17) is 0 Å². The minimum atomic E-state index is -0.596. The second-order valence-corrected chi connectivity index (χ2v) is 6.16. The molecule has 2 unspecified atom stereocenters. The van der Waals surface area contributed by atoms with E-state index >= 15 is 0 Å². The highest BCUT2D eigenvalue weighted by Gasteiger charge is 2.45. The van der Waals surface area contributed by atoms with Gasteiger partial charge in [0.2, 0.25) is 0 Å². The van der Waals surface area contributed by atoms with E-state index in [1.54, 1.807) is 0 Å². The van der Waals surface area contributed by atoms with Crippen molar-refractivity contribution in [3.63, 3.8) is 0 Å². The standard InChI is InChI=1S/C14H26N2O2/c1-12-4-3-6-14(7-5-12,13(17)18)16-10-8-15(2)9-11-16/h12H,3-11H2,1-2H3,(H,17,18). The molecule has 1 heterocycles. The fourth-order valence-electron chi connectivity index (χ4n) is 3.40. The number of hydrogen-bond acceptors (Lipinski definition) is 3. The van der Waals surface area contributed by atoms with Gasteiger partial charge in [-0.05, 0) is 32.2 Å². The second kappa shape index (κ2) is 5.57. The van der Waals surface area contributed by atoms with Crippen LogP contribution in [0.15, 0.2) is 0 Å². The number of piperazine rings is 1. The lowest BCUT2D eigenvalue weighted by Gasteiger charge is -2.44. The van der Waals surface area contributed by atoms with Gasteiger partial charge in [-0.15, -0.1) is 0 Å². The Morgan fingerprint density at radius 3 is 2.44 bits per heavy atom. The first-order valence-electron chi connectivity index (χ1n) is 7.21. The van der Waals surface area contributed by atoms with Crippen LogP contribution in [0.5, 0.6) is 0 Å². The Kier molecular flexibility index (Phi) is 4.28. The Morgan fingerprint density at radius 1 is 1.17 bits per heavy atom. The zero-order chi connectivity index (χ0) is 13.2. The Bertz CT molecular complexity index is 300. The van der Waals surface area contributed by atoms with E-state index < -0.39 is 11.5 Å². The largest absolute Gasteiger partial charge is 0.480 e. The third-order valence-corrected chi connectivity index (χ3v) is 4.84. The molecule has 0 aromatic rings. The molecule has 0 spiro atoms. The predicted octanol–water partition coefficient (Wildman–Crippen LogP) is 1.66. The average Bonchev–Trinajstić information content (AvgIpc) is 2.53. The molecule has 4 nitrogen and oxygen atoms in total. The van der Waals surface area contributed by atoms with Crippen molar-refractivity contribution < 1.29 is 9.90 Å². The lowest BCUT2D eigenvalue weighted by atomic mass is 9.87. The van der Waals surface area contributed by atoms with Crippen molar-refractivity contribution in [2.45, 2.75) is 44.6 Å². The van der Waals surface area contributed by atoms with Crippen LogP contribution in [0.25, 0.3) is 0 Å². The van der Waals surface area contributed by atoms with Crippen molar-refractivity contribution in [2.75, 3.05) is 33.2 Å². The molecule has 1 aliphatic heterocycles. The maximum Gasteiger partial charge on any atom is 0.324 e. The Labute approximate surface area is 110 Å². The number of hydrogen-bond donors (Lipinski definition) is 1. The van der Waals surface area contributed by atoms with E-state index in [1.165, 1.54) is 6.42 Å². The number of carboxylic acid groups (broad SMARTS) is 1. The fraction of sp³-hybridized carbons (Fsp3) is 0.929. The molecule has 2 aliphatic rings. The topological polar surface area (TPSA) is 43.8 Å². The molecule has 0 bridgehead atoms. The Morgan fingerprint density at radius 2 is 1.83 bits per heavy atom. The third-order valence-electron chi connectivity index (χ3n) is 4.84. The number of carboxylic acids is 1. The third kappa shape index (κ3) is 2.69. The minimum absolute atomic E-state index is 0.577. The lowest BCUT2D eigenvalue weighted by molar-refractivity contribution is -0.154. The van der Waals surface area contributed by atoms with Crippen molar-refractivity contribution in [3.8, 4) is 0 Å². The highest BCUT2D eigenvalue weighted by Crippen LogP contribution is 2.35. The van der Waals surface area contributed by atoms with Crippen molar-refractivity contribution in [2.24, 2.45) is 5.92 Å². The number of carbonyl (C=O) groups is 1. The molecule has 0 radical (unpaired) electrons. The monoisotopic (exact) mass is 254 g/mol. The highest BCUT2D eigenvalue weighted by atomic mass is 16.4. The van der Waals surface area contributed by atoms with Gasteiger partial charge in [0.15, 0.2) is 0 Å². The van der Waals surface area contributed by atoms with Crippen LogP contribution in [0, 0.1) is 5.92 Å². The van der Waals surface area contributed by atoms with Crippen LogP contribution in [0.2, 0.25) is 0 Å². The molecule has 1 saturated carbocycles. The van der Waals surface area contributed by atoms with E-state index in [0.717, 1.165) is 51.9 Å². The molecule has 2 atom stereocenters. The normalized spacial score (nSPS) is 36.2. The second-order valence-electron chi connectivity index (χ2n) is 6.16. The lowest BCUT2D eigenvalue weighted by Crippen LogP contribution is -2.60. The molecule has 4 heteroatoms. The summed E-state index contributed by atoms with van der Waals surface area (Å²) in [7, 11) is 2.11. The number of nitrogens with zero attached hydrogens (tertiary/aromatic N) is 2. The molecule has 104 valence electrons. The zero-order valence-electron chi connectivity index (χ0n) is 11.7. The molecule has 0 aromatic heterocycles. The first kappa shape index (κ1) is 13.8. The first-order chi connectivity index (χ1) is 8.54. The van der Waals surface area contributed by atoms with Crippen molar-refractivity contribution >= 4 is 5.97 Å². The number of aliphatic carboxylic acids is 1. The molecule has 2 rings (SSSR count). The smallest absolute Gasteiger partial charge is 0.324 e. The number of likely N-dealkylation sites (N-methyl/N-ethyl adjacent to an activating group) is 1. The number of rotatable bonds is 2. The van der Waals surface area contributed by atoms with E-state index in [9.17, 15) is 9.90 Å². The van der Waals surface area contributed by atoms with Crippen LogP contribution in [0.3, 0.4) is 0 Å². The van der Waals surface area contributed by atoms with Gasteiger partial charge < -0.3 is 10.0 Å². The van der Waals surface area contributed by atoms with Crippen molar-refractivity contribution in [1.29, 1.82) is 0 Å². The average molecular weight is 254 g/mol. The Hall–Kier alpha value is -0.610. The Balaban J connectivity index is 2.13. The van der Waals surface area contributed by atoms with E-state index in [0.29, 0.717) is 5.92 Å².